The first-order valence-corrected chi connectivity index (χ1v) is 7.26. The molecule has 1 aromatic rings. The Hall–Kier alpha value is -1.71. The molecule has 1 fully saturated rings. The molecule has 116 valence electrons. The molecule has 1 heterocycles. The fourth-order valence-electron chi connectivity index (χ4n) is 2.73. The largest absolute Gasteiger partial charge is 0.496 e. The highest BCUT2D eigenvalue weighted by Gasteiger charge is 2.34. The molecule has 0 N–H and O–H groups in total. The summed E-state index contributed by atoms with van der Waals surface area (Å²) in [5, 5.41) is 0. The molecule has 2 rings (SSSR count). The fourth-order valence-corrected chi connectivity index (χ4v) is 2.73. The number of hydrogen-bond acceptors (Lipinski definition) is 3. The van der Waals surface area contributed by atoms with E-state index in [1.165, 1.54) is 0 Å². The Kier molecular flexibility index (Phi) is 3.38. The van der Waals surface area contributed by atoms with Gasteiger partial charge in [0.2, 0.25) is 0 Å². The number of rotatable bonds is 2. The Morgan fingerprint density at radius 1 is 1.43 bits per heavy atom. The molecule has 0 aromatic heterocycles. The number of benzene rings is 1. The zero-order chi connectivity index (χ0) is 18.1. The Balaban J connectivity index is 2.27. The Bertz CT molecular complexity index is 608. The van der Waals surface area contributed by atoms with Gasteiger partial charge in [0.05, 0.1) is 17.2 Å². The molecule has 1 aliphatic heterocycles. The lowest BCUT2D eigenvalue weighted by Gasteiger charge is -2.29. The van der Waals surface area contributed by atoms with Crippen molar-refractivity contribution < 1.29 is 18.4 Å². The van der Waals surface area contributed by atoms with Crippen molar-refractivity contribution in [3.63, 3.8) is 0 Å². The Morgan fingerprint density at radius 3 is 2.86 bits per heavy atom. The van der Waals surface area contributed by atoms with E-state index in [0.29, 0.717) is 12.3 Å². The van der Waals surface area contributed by atoms with Crippen LogP contribution in [-0.4, -0.2) is 30.2 Å². The molecule has 4 nitrogen and oxygen atoms in total. The molecule has 1 atom stereocenters. The molecule has 0 aliphatic carbocycles. The minimum Gasteiger partial charge on any atom is -0.496 e. The van der Waals surface area contributed by atoms with Crippen LogP contribution in [0.1, 0.15) is 54.9 Å². The topological polar surface area (TPSA) is 38.8 Å². The number of methoxy groups -OCH3 is 1. The second-order valence-corrected chi connectivity index (χ2v) is 6.40. The highest BCUT2D eigenvalue weighted by Crippen LogP contribution is 2.37. The van der Waals surface area contributed by atoms with E-state index in [0.717, 1.165) is 24.0 Å². The molecule has 0 bridgehead atoms. The standard InChI is InChI=1S/C17H25NO3/c1-12-13(8-6-10-15(12)20-5)14-9-7-11-18(14)16(19)21-17(2,3)4/h6,8,10,14H,7,9,11H2,1-5H3/i5D3. The van der Waals surface area contributed by atoms with Gasteiger partial charge in [0.25, 0.3) is 0 Å². The fraction of sp³-hybridized carbons (Fsp3) is 0.588. The highest BCUT2D eigenvalue weighted by atomic mass is 16.6. The normalized spacial score (nSPS) is 21.4. The van der Waals surface area contributed by atoms with Crippen molar-refractivity contribution in [1.29, 1.82) is 0 Å². The number of carbonyl (C=O) groups is 1. The van der Waals surface area contributed by atoms with E-state index in [-0.39, 0.29) is 12.1 Å². The lowest BCUT2D eigenvalue weighted by atomic mass is 9.98. The number of likely N-dealkylation sites (tertiary alicyclic amines) is 1. The maximum Gasteiger partial charge on any atom is 0.410 e. The summed E-state index contributed by atoms with van der Waals surface area (Å²) in [5.41, 5.74) is 1.10. The third-order valence-electron chi connectivity index (χ3n) is 3.68. The predicted octanol–water partition coefficient (Wildman–Crippen LogP) is 4.08. The molecular weight excluding hydrogens is 266 g/mol. The molecule has 1 amide bonds. The van der Waals surface area contributed by atoms with E-state index >= 15 is 0 Å². The molecule has 1 saturated heterocycles. The van der Waals surface area contributed by atoms with Gasteiger partial charge in [0.15, 0.2) is 0 Å². The summed E-state index contributed by atoms with van der Waals surface area (Å²) in [6, 6.07) is 5.18. The molecular formula is C17H25NO3. The van der Waals surface area contributed by atoms with Crippen LogP contribution in [0.15, 0.2) is 18.2 Å². The average molecular weight is 294 g/mol. The molecule has 4 heteroatoms. The van der Waals surface area contributed by atoms with Crippen molar-refractivity contribution in [1.82, 2.24) is 4.90 Å². The van der Waals surface area contributed by atoms with Gasteiger partial charge in [-0.2, -0.15) is 0 Å². The van der Waals surface area contributed by atoms with E-state index in [9.17, 15) is 4.79 Å². The third-order valence-corrected chi connectivity index (χ3v) is 3.68. The van der Waals surface area contributed by atoms with Crippen LogP contribution in [0, 0.1) is 6.92 Å². The zero-order valence-electron chi connectivity index (χ0n) is 16.1. The van der Waals surface area contributed by atoms with Gasteiger partial charge in [-0.05, 0) is 57.7 Å². The van der Waals surface area contributed by atoms with E-state index in [1.54, 1.807) is 17.0 Å². The van der Waals surface area contributed by atoms with Crippen LogP contribution in [0.3, 0.4) is 0 Å². The van der Waals surface area contributed by atoms with Gasteiger partial charge in [-0.15, -0.1) is 0 Å². The number of amides is 1. The maximum atomic E-state index is 12.5. The van der Waals surface area contributed by atoms with Crippen LogP contribution in [-0.2, 0) is 4.74 Å². The average Bonchev–Trinajstić information content (AvgIpc) is 2.87. The summed E-state index contributed by atoms with van der Waals surface area (Å²) >= 11 is 0. The lowest BCUT2D eigenvalue weighted by molar-refractivity contribution is 0.0224. The second kappa shape index (κ2) is 5.96. The molecule has 1 aromatic carbocycles. The van der Waals surface area contributed by atoms with Crippen LogP contribution in [0.2, 0.25) is 0 Å². The third kappa shape index (κ3) is 3.49. The molecule has 0 saturated carbocycles. The number of carbonyl (C=O) groups excluding carboxylic acids is 1. The quantitative estimate of drug-likeness (QED) is 0.825. The first-order valence-electron chi connectivity index (χ1n) is 8.76. The van der Waals surface area contributed by atoms with Crippen molar-refractivity contribution in [2.45, 2.75) is 52.2 Å². The van der Waals surface area contributed by atoms with E-state index in [4.69, 9.17) is 13.6 Å². The van der Waals surface area contributed by atoms with Gasteiger partial charge in [-0.3, -0.25) is 0 Å². The van der Waals surface area contributed by atoms with Crippen LogP contribution >= 0.6 is 0 Å². The van der Waals surface area contributed by atoms with Gasteiger partial charge in [0, 0.05) is 6.54 Å². The van der Waals surface area contributed by atoms with Crippen molar-refractivity contribution in [2.75, 3.05) is 13.6 Å². The Labute approximate surface area is 131 Å². The molecule has 21 heavy (non-hydrogen) atoms. The van der Waals surface area contributed by atoms with Crippen molar-refractivity contribution in [3.8, 4) is 5.75 Å². The first-order chi connectivity index (χ1) is 11.0. The molecule has 1 unspecified atom stereocenters. The van der Waals surface area contributed by atoms with E-state index in [2.05, 4.69) is 0 Å². The summed E-state index contributed by atoms with van der Waals surface area (Å²) in [7, 11) is -2.50. The minimum absolute atomic E-state index is 0.125. The minimum atomic E-state index is -2.50. The summed E-state index contributed by atoms with van der Waals surface area (Å²) in [6.45, 7) is 7.97. The van der Waals surface area contributed by atoms with Crippen LogP contribution < -0.4 is 4.74 Å². The summed E-state index contributed by atoms with van der Waals surface area (Å²) in [4.78, 5) is 14.2. The molecule has 0 spiro atoms. The van der Waals surface area contributed by atoms with E-state index < -0.39 is 12.6 Å². The summed E-state index contributed by atoms with van der Waals surface area (Å²) < 4.78 is 32.4. The zero-order valence-corrected chi connectivity index (χ0v) is 13.1. The number of nitrogens with zero attached hydrogens (tertiary/aromatic N) is 1. The smallest absolute Gasteiger partial charge is 0.410 e. The SMILES string of the molecule is [2H]C([2H])([2H])Oc1cccc(C2CCCN2C(=O)OC(C)(C)C)c1C. The lowest BCUT2D eigenvalue weighted by Crippen LogP contribution is -2.36. The van der Waals surface area contributed by atoms with Crippen LogP contribution in [0.5, 0.6) is 5.75 Å². The van der Waals surface area contributed by atoms with Gasteiger partial charge in [-0.1, -0.05) is 12.1 Å². The predicted molar refractivity (Wildman–Crippen MR) is 82.6 cm³/mol. The summed E-state index contributed by atoms with van der Waals surface area (Å²) in [5.74, 6) is 0.323. The van der Waals surface area contributed by atoms with Crippen molar-refractivity contribution in [3.05, 3.63) is 29.3 Å². The maximum absolute atomic E-state index is 12.5. The monoisotopic (exact) mass is 294 g/mol. The number of hydrogen-bond donors (Lipinski definition) is 0. The van der Waals surface area contributed by atoms with Gasteiger partial charge in [-0.25, -0.2) is 4.79 Å². The van der Waals surface area contributed by atoms with Gasteiger partial charge < -0.3 is 14.4 Å². The highest BCUT2D eigenvalue weighted by molar-refractivity contribution is 5.69. The number of ether oxygens (including phenoxy) is 2. The second-order valence-electron chi connectivity index (χ2n) is 6.40. The Morgan fingerprint density at radius 2 is 2.19 bits per heavy atom. The van der Waals surface area contributed by atoms with Crippen LogP contribution in [0.25, 0.3) is 0 Å². The summed E-state index contributed by atoms with van der Waals surface area (Å²) in [6.07, 6.45) is 1.36. The van der Waals surface area contributed by atoms with Gasteiger partial charge >= 0.3 is 6.09 Å². The molecule has 1 aliphatic rings. The first kappa shape index (κ1) is 11.9. The van der Waals surface area contributed by atoms with Crippen molar-refractivity contribution >= 4 is 6.09 Å². The molecule has 0 radical (unpaired) electrons. The van der Waals surface area contributed by atoms with E-state index in [1.807, 2.05) is 33.8 Å². The van der Waals surface area contributed by atoms with Crippen molar-refractivity contribution in [2.24, 2.45) is 0 Å². The van der Waals surface area contributed by atoms with Crippen LogP contribution in [0.4, 0.5) is 4.79 Å². The van der Waals surface area contributed by atoms with Gasteiger partial charge in [0.1, 0.15) is 11.4 Å².